The number of methoxy groups -OCH3 is 1. The van der Waals surface area contributed by atoms with Crippen molar-refractivity contribution in [1.82, 2.24) is 4.98 Å². The predicted molar refractivity (Wildman–Crippen MR) is 123 cm³/mol. The average Bonchev–Trinajstić information content (AvgIpc) is 3.27. The summed E-state index contributed by atoms with van der Waals surface area (Å²) >= 11 is 1.59. The highest BCUT2D eigenvalue weighted by atomic mass is 32.1. The van der Waals surface area contributed by atoms with Crippen molar-refractivity contribution in [2.24, 2.45) is 23.2 Å². The average molecular weight is 455 g/mol. The summed E-state index contributed by atoms with van der Waals surface area (Å²) in [6.07, 6.45) is 3.34. The summed E-state index contributed by atoms with van der Waals surface area (Å²) in [5.74, 6) is 1.41. The van der Waals surface area contributed by atoms with E-state index < -0.39 is 0 Å². The molecule has 1 aliphatic heterocycles. The fourth-order valence-electron chi connectivity index (χ4n) is 6.22. The summed E-state index contributed by atoms with van der Waals surface area (Å²) in [5, 5.41) is 3.67. The standard InChI is InChI=1S/C25H30N2O4S/c1-13-17-9-10-25(3)12-18-21(14(2)20(25)22(17)31-23(13)29)27-24(32-18)26-19(28)11-15-5-7-16(30-4)8-6-15/h5-8,13-14,17,20,22H,9-12H2,1-4H3,(H,26,27,28)/t13-,14-,17-,20+,22-,25-/m0/s1. The molecule has 1 aromatic heterocycles. The van der Waals surface area contributed by atoms with Crippen LogP contribution in [0.3, 0.4) is 0 Å². The van der Waals surface area contributed by atoms with Gasteiger partial charge in [-0.2, -0.15) is 0 Å². The van der Waals surface area contributed by atoms with E-state index in [0.717, 1.165) is 36.3 Å². The van der Waals surface area contributed by atoms with Crippen molar-refractivity contribution in [1.29, 1.82) is 0 Å². The van der Waals surface area contributed by atoms with E-state index in [4.69, 9.17) is 14.5 Å². The summed E-state index contributed by atoms with van der Waals surface area (Å²) in [6, 6.07) is 7.52. The molecule has 5 rings (SSSR count). The molecular formula is C25H30N2O4S. The topological polar surface area (TPSA) is 77.5 Å². The van der Waals surface area contributed by atoms with Gasteiger partial charge in [-0.05, 0) is 42.4 Å². The zero-order valence-electron chi connectivity index (χ0n) is 19.0. The van der Waals surface area contributed by atoms with Crippen molar-refractivity contribution >= 4 is 28.3 Å². The molecule has 32 heavy (non-hydrogen) atoms. The largest absolute Gasteiger partial charge is 0.497 e. The molecule has 170 valence electrons. The first-order chi connectivity index (χ1) is 15.3. The molecule has 1 saturated carbocycles. The number of aromatic nitrogens is 1. The van der Waals surface area contributed by atoms with E-state index in [1.54, 1.807) is 18.4 Å². The number of amides is 1. The Bertz CT molecular complexity index is 1050. The number of nitrogens with zero attached hydrogens (tertiary/aromatic N) is 1. The van der Waals surface area contributed by atoms with Gasteiger partial charge in [0.1, 0.15) is 11.9 Å². The lowest BCUT2D eigenvalue weighted by Crippen LogP contribution is -2.50. The van der Waals surface area contributed by atoms with Gasteiger partial charge >= 0.3 is 5.97 Å². The van der Waals surface area contributed by atoms with Crippen molar-refractivity contribution in [2.45, 2.75) is 58.5 Å². The van der Waals surface area contributed by atoms with Crippen LogP contribution in [0.1, 0.15) is 55.7 Å². The molecule has 0 unspecified atom stereocenters. The summed E-state index contributed by atoms with van der Waals surface area (Å²) < 4.78 is 11.1. The number of thiazole rings is 1. The monoisotopic (exact) mass is 454 g/mol. The molecule has 2 heterocycles. The van der Waals surface area contributed by atoms with Gasteiger partial charge in [-0.25, -0.2) is 4.98 Å². The van der Waals surface area contributed by atoms with Crippen molar-refractivity contribution in [3.05, 3.63) is 40.4 Å². The molecule has 6 nitrogen and oxygen atoms in total. The molecule has 6 atom stereocenters. The van der Waals surface area contributed by atoms with Gasteiger partial charge in [-0.1, -0.05) is 32.9 Å². The number of nitrogens with one attached hydrogen (secondary N) is 1. The van der Waals surface area contributed by atoms with Gasteiger partial charge in [0.25, 0.3) is 0 Å². The van der Waals surface area contributed by atoms with E-state index in [1.807, 2.05) is 31.2 Å². The summed E-state index contributed by atoms with van der Waals surface area (Å²) in [6.45, 7) is 6.56. The van der Waals surface area contributed by atoms with Crippen molar-refractivity contribution in [3.8, 4) is 5.75 Å². The third-order valence-corrected chi connectivity index (χ3v) is 8.91. The predicted octanol–water partition coefficient (Wildman–Crippen LogP) is 4.59. The van der Waals surface area contributed by atoms with E-state index in [2.05, 4.69) is 19.2 Å². The Hall–Kier alpha value is -2.41. The van der Waals surface area contributed by atoms with Crippen LogP contribution in [0.2, 0.25) is 0 Å². The minimum Gasteiger partial charge on any atom is -0.497 e. The number of carbonyl (C=O) groups is 2. The highest BCUT2D eigenvalue weighted by Gasteiger charge is 2.58. The third kappa shape index (κ3) is 3.51. The Morgan fingerprint density at radius 1 is 1.28 bits per heavy atom. The van der Waals surface area contributed by atoms with Crippen LogP contribution >= 0.6 is 11.3 Å². The smallest absolute Gasteiger partial charge is 0.309 e. The first-order valence-corrected chi connectivity index (χ1v) is 12.2. The normalized spacial score (nSPS) is 33.0. The van der Waals surface area contributed by atoms with Crippen LogP contribution in [0.25, 0.3) is 0 Å². The van der Waals surface area contributed by atoms with Crippen molar-refractivity contribution < 1.29 is 19.1 Å². The van der Waals surface area contributed by atoms with Crippen LogP contribution in [-0.4, -0.2) is 30.1 Å². The summed E-state index contributed by atoms with van der Waals surface area (Å²) in [5.41, 5.74) is 2.09. The number of rotatable bonds is 4. The first-order valence-electron chi connectivity index (χ1n) is 11.4. The second kappa shape index (κ2) is 7.87. The molecular weight excluding hydrogens is 424 g/mol. The number of esters is 1. The quantitative estimate of drug-likeness (QED) is 0.684. The van der Waals surface area contributed by atoms with Crippen LogP contribution in [0.15, 0.2) is 24.3 Å². The van der Waals surface area contributed by atoms with E-state index in [-0.39, 0.29) is 41.1 Å². The van der Waals surface area contributed by atoms with Gasteiger partial charge in [0.15, 0.2) is 5.13 Å². The number of hydrogen-bond acceptors (Lipinski definition) is 6. The molecule has 3 aliphatic rings. The Kier molecular flexibility index (Phi) is 5.27. The Labute approximate surface area is 192 Å². The molecule has 0 bridgehead atoms. The maximum Gasteiger partial charge on any atom is 0.309 e. The highest BCUT2D eigenvalue weighted by molar-refractivity contribution is 7.15. The molecule has 1 aromatic carbocycles. The van der Waals surface area contributed by atoms with Gasteiger partial charge in [-0.15, -0.1) is 11.3 Å². The molecule has 2 aliphatic carbocycles. The van der Waals surface area contributed by atoms with Crippen molar-refractivity contribution in [2.75, 3.05) is 12.4 Å². The fourth-order valence-corrected chi connectivity index (χ4v) is 7.50. The fraction of sp³-hybridized carbons (Fsp3) is 0.560. The van der Waals surface area contributed by atoms with E-state index >= 15 is 0 Å². The minimum absolute atomic E-state index is 0.0126. The Morgan fingerprint density at radius 3 is 2.75 bits per heavy atom. The zero-order chi connectivity index (χ0) is 22.6. The number of carbonyl (C=O) groups excluding carboxylic acids is 2. The molecule has 2 fully saturated rings. The number of fused-ring (bicyclic) bond motifs is 4. The van der Waals surface area contributed by atoms with E-state index in [1.165, 1.54) is 4.88 Å². The van der Waals surface area contributed by atoms with Crippen LogP contribution in [-0.2, 0) is 27.2 Å². The van der Waals surface area contributed by atoms with E-state index in [9.17, 15) is 9.59 Å². The zero-order valence-corrected chi connectivity index (χ0v) is 19.8. The summed E-state index contributed by atoms with van der Waals surface area (Å²) in [7, 11) is 1.63. The van der Waals surface area contributed by atoms with Crippen LogP contribution in [0.5, 0.6) is 5.75 Å². The number of benzene rings is 1. The number of anilines is 1. The summed E-state index contributed by atoms with van der Waals surface area (Å²) in [4.78, 5) is 31.0. The Balaban J connectivity index is 1.34. The lowest BCUT2D eigenvalue weighted by Gasteiger charge is -2.51. The first kappa shape index (κ1) is 21.4. The van der Waals surface area contributed by atoms with Crippen molar-refractivity contribution in [3.63, 3.8) is 0 Å². The number of ether oxygens (including phenoxy) is 2. The van der Waals surface area contributed by atoms with Gasteiger partial charge < -0.3 is 14.8 Å². The van der Waals surface area contributed by atoms with Gasteiger partial charge in [0.2, 0.25) is 5.91 Å². The number of hydrogen-bond donors (Lipinski definition) is 1. The highest BCUT2D eigenvalue weighted by Crippen LogP contribution is 2.59. The van der Waals surface area contributed by atoms with Gasteiger partial charge in [0, 0.05) is 22.6 Å². The second-order valence-electron chi connectivity index (χ2n) is 9.94. The maximum atomic E-state index is 12.6. The van der Waals surface area contributed by atoms with E-state index in [0.29, 0.717) is 17.5 Å². The molecule has 1 N–H and O–H groups in total. The second-order valence-corrected chi connectivity index (χ2v) is 11.0. The SMILES string of the molecule is COc1ccc(CC(=O)Nc2nc3c(s2)C[C@]2(C)CC[C@@H]4[C@H](OC(=O)[C@H]4C)[C@H]2[C@@H]3C)cc1. The molecule has 7 heteroatoms. The molecule has 0 spiro atoms. The Morgan fingerprint density at radius 2 is 2.03 bits per heavy atom. The molecule has 1 saturated heterocycles. The van der Waals surface area contributed by atoms with Crippen LogP contribution in [0, 0.1) is 23.2 Å². The lowest BCUT2D eigenvalue weighted by atomic mass is 9.54. The molecule has 2 aromatic rings. The van der Waals surface area contributed by atoms with Crippen LogP contribution < -0.4 is 10.1 Å². The molecule has 1 amide bonds. The lowest BCUT2D eigenvalue weighted by molar-refractivity contribution is -0.149. The minimum atomic E-state index is -0.0730. The molecule has 0 radical (unpaired) electrons. The third-order valence-electron chi connectivity index (χ3n) is 7.93. The van der Waals surface area contributed by atoms with Gasteiger partial charge in [0.05, 0.1) is 25.1 Å². The van der Waals surface area contributed by atoms with Crippen LogP contribution in [0.4, 0.5) is 5.13 Å². The van der Waals surface area contributed by atoms with Gasteiger partial charge in [-0.3, -0.25) is 9.59 Å². The maximum absolute atomic E-state index is 12.6.